The summed E-state index contributed by atoms with van der Waals surface area (Å²) >= 11 is 5.93. The molecule has 0 saturated carbocycles. The first kappa shape index (κ1) is 12.8. The molecule has 0 radical (unpaired) electrons. The third kappa shape index (κ3) is 2.43. The number of halogens is 1. The molecule has 2 nitrogen and oxygen atoms in total. The van der Waals surface area contributed by atoms with Gasteiger partial charge in [0.15, 0.2) is 5.78 Å². The molecule has 3 rings (SSSR count). The number of ketones is 1. The van der Waals surface area contributed by atoms with Gasteiger partial charge in [-0.2, -0.15) is 0 Å². The molecule has 0 atom stereocenters. The van der Waals surface area contributed by atoms with Gasteiger partial charge in [0.05, 0.1) is 5.52 Å². The summed E-state index contributed by atoms with van der Waals surface area (Å²) in [5.74, 6) is -0.0324. The highest BCUT2D eigenvalue weighted by atomic mass is 35.5. The van der Waals surface area contributed by atoms with E-state index in [1.54, 1.807) is 30.3 Å². The standard InChI is InChI=1S/C17H12ClNO/c1-11-5-6-12-9-14(7-8-16(12)19-11)17(20)13-3-2-4-15(18)10-13/h2-10H,1H3. The number of nitrogens with zero attached hydrogens (tertiary/aromatic N) is 1. The zero-order chi connectivity index (χ0) is 14.1. The van der Waals surface area contributed by atoms with E-state index in [1.165, 1.54) is 0 Å². The zero-order valence-corrected chi connectivity index (χ0v) is 11.7. The fourth-order valence-electron chi connectivity index (χ4n) is 2.17. The number of aromatic nitrogens is 1. The molecule has 0 aliphatic carbocycles. The van der Waals surface area contributed by atoms with Gasteiger partial charge < -0.3 is 0 Å². The summed E-state index contributed by atoms with van der Waals surface area (Å²) in [4.78, 5) is 16.9. The third-order valence-corrected chi connectivity index (χ3v) is 3.41. The van der Waals surface area contributed by atoms with Gasteiger partial charge >= 0.3 is 0 Å². The molecule has 20 heavy (non-hydrogen) atoms. The summed E-state index contributed by atoms with van der Waals surface area (Å²) in [5, 5.41) is 1.53. The molecular formula is C17H12ClNO. The first-order chi connectivity index (χ1) is 9.63. The minimum atomic E-state index is -0.0324. The Balaban J connectivity index is 2.06. The Hall–Kier alpha value is -2.19. The Morgan fingerprint density at radius 2 is 1.80 bits per heavy atom. The highest BCUT2D eigenvalue weighted by Crippen LogP contribution is 2.19. The molecule has 0 bridgehead atoms. The Kier molecular flexibility index (Phi) is 3.25. The average molecular weight is 282 g/mol. The lowest BCUT2D eigenvalue weighted by Crippen LogP contribution is -2.01. The van der Waals surface area contributed by atoms with E-state index in [0.717, 1.165) is 16.6 Å². The van der Waals surface area contributed by atoms with Gasteiger partial charge in [0.1, 0.15) is 0 Å². The van der Waals surface area contributed by atoms with Crippen molar-refractivity contribution >= 4 is 28.3 Å². The number of hydrogen-bond acceptors (Lipinski definition) is 2. The maximum atomic E-state index is 12.4. The lowest BCUT2D eigenvalue weighted by atomic mass is 10.0. The van der Waals surface area contributed by atoms with Crippen LogP contribution in [-0.2, 0) is 0 Å². The van der Waals surface area contributed by atoms with Crippen LogP contribution >= 0.6 is 11.6 Å². The Bertz CT molecular complexity index is 811. The number of hydrogen-bond donors (Lipinski definition) is 0. The van der Waals surface area contributed by atoms with Gasteiger partial charge in [0.2, 0.25) is 0 Å². The van der Waals surface area contributed by atoms with Crippen LogP contribution in [0.3, 0.4) is 0 Å². The van der Waals surface area contributed by atoms with Crippen molar-refractivity contribution in [1.82, 2.24) is 4.98 Å². The van der Waals surface area contributed by atoms with Crippen molar-refractivity contribution in [3.05, 3.63) is 76.4 Å². The van der Waals surface area contributed by atoms with E-state index in [4.69, 9.17) is 11.6 Å². The SMILES string of the molecule is Cc1ccc2cc(C(=O)c3cccc(Cl)c3)ccc2n1. The van der Waals surface area contributed by atoms with Gasteiger partial charge in [-0.3, -0.25) is 9.78 Å². The summed E-state index contributed by atoms with van der Waals surface area (Å²) in [6, 6.07) is 16.5. The van der Waals surface area contributed by atoms with Crippen molar-refractivity contribution in [3.63, 3.8) is 0 Å². The molecule has 0 N–H and O–H groups in total. The van der Waals surface area contributed by atoms with Crippen molar-refractivity contribution in [2.75, 3.05) is 0 Å². The fourth-order valence-corrected chi connectivity index (χ4v) is 2.36. The molecule has 0 aliphatic heterocycles. The molecule has 0 aliphatic rings. The van der Waals surface area contributed by atoms with Gasteiger partial charge in [-0.25, -0.2) is 0 Å². The van der Waals surface area contributed by atoms with Gasteiger partial charge in [-0.15, -0.1) is 0 Å². The van der Waals surface area contributed by atoms with Crippen LogP contribution in [0.5, 0.6) is 0 Å². The zero-order valence-electron chi connectivity index (χ0n) is 10.9. The molecule has 0 spiro atoms. The third-order valence-electron chi connectivity index (χ3n) is 3.18. The fraction of sp³-hybridized carbons (Fsp3) is 0.0588. The monoisotopic (exact) mass is 281 g/mol. The van der Waals surface area contributed by atoms with Crippen LogP contribution in [0.25, 0.3) is 10.9 Å². The first-order valence-corrected chi connectivity index (χ1v) is 6.69. The van der Waals surface area contributed by atoms with E-state index in [9.17, 15) is 4.79 Å². The molecule has 1 heterocycles. The molecule has 1 aromatic heterocycles. The van der Waals surface area contributed by atoms with Crippen molar-refractivity contribution in [2.24, 2.45) is 0 Å². The van der Waals surface area contributed by atoms with Crippen LogP contribution in [0.4, 0.5) is 0 Å². The summed E-state index contributed by atoms with van der Waals surface area (Å²) in [5.41, 5.74) is 3.10. The molecule has 0 fully saturated rings. The second kappa shape index (κ2) is 5.06. The second-order valence-corrected chi connectivity index (χ2v) is 5.14. The molecule has 0 saturated heterocycles. The van der Waals surface area contributed by atoms with Crippen LogP contribution in [0, 0.1) is 6.92 Å². The van der Waals surface area contributed by atoms with E-state index >= 15 is 0 Å². The summed E-state index contributed by atoms with van der Waals surface area (Å²) in [6.07, 6.45) is 0. The normalized spacial score (nSPS) is 10.7. The predicted molar refractivity (Wildman–Crippen MR) is 81.4 cm³/mol. The van der Waals surface area contributed by atoms with Crippen LogP contribution < -0.4 is 0 Å². The van der Waals surface area contributed by atoms with E-state index in [1.807, 2.05) is 31.2 Å². The molecule has 3 heteroatoms. The molecule has 0 amide bonds. The van der Waals surface area contributed by atoms with Crippen molar-refractivity contribution < 1.29 is 4.79 Å². The summed E-state index contributed by atoms with van der Waals surface area (Å²) in [6.45, 7) is 1.95. The first-order valence-electron chi connectivity index (χ1n) is 6.31. The van der Waals surface area contributed by atoms with E-state index in [0.29, 0.717) is 16.1 Å². The van der Waals surface area contributed by atoms with Crippen molar-refractivity contribution in [2.45, 2.75) is 6.92 Å². The maximum absolute atomic E-state index is 12.4. The van der Waals surface area contributed by atoms with Crippen LogP contribution in [-0.4, -0.2) is 10.8 Å². The van der Waals surface area contributed by atoms with E-state index in [2.05, 4.69) is 4.98 Å². The van der Waals surface area contributed by atoms with Crippen molar-refractivity contribution in [1.29, 1.82) is 0 Å². The Morgan fingerprint density at radius 3 is 2.60 bits per heavy atom. The van der Waals surface area contributed by atoms with E-state index < -0.39 is 0 Å². The minimum absolute atomic E-state index is 0.0324. The Labute approximate surface area is 122 Å². The number of carbonyl (C=O) groups is 1. The molecule has 0 unspecified atom stereocenters. The van der Waals surface area contributed by atoms with Crippen LogP contribution in [0.15, 0.2) is 54.6 Å². The van der Waals surface area contributed by atoms with E-state index in [-0.39, 0.29) is 5.78 Å². The second-order valence-electron chi connectivity index (χ2n) is 4.70. The van der Waals surface area contributed by atoms with Crippen molar-refractivity contribution in [3.8, 4) is 0 Å². The number of fused-ring (bicyclic) bond motifs is 1. The number of aryl methyl sites for hydroxylation is 1. The largest absolute Gasteiger partial charge is 0.289 e. The Morgan fingerprint density at radius 1 is 1.00 bits per heavy atom. The highest BCUT2D eigenvalue weighted by molar-refractivity contribution is 6.31. The number of pyridine rings is 1. The summed E-state index contributed by atoms with van der Waals surface area (Å²) in [7, 11) is 0. The van der Waals surface area contributed by atoms with Gasteiger partial charge in [0, 0.05) is 27.2 Å². The molecule has 2 aromatic carbocycles. The van der Waals surface area contributed by atoms with Gasteiger partial charge in [0.25, 0.3) is 0 Å². The minimum Gasteiger partial charge on any atom is -0.289 e. The predicted octanol–water partition coefficient (Wildman–Crippen LogP) is 4.43. The molecule has 3 aromatic rings. The number of rotatable bonds is 2. The van der Waals surface area contributed by atoms with Crippen LogP contribution in [0.2, 0.25) is 5.02 Å². The summed E-state index contributed by atoms with van der Waals surface area (Å²) < 4.78 is 0. The molecule has 98 valence electrons. The lowest BCUT2D eigenvalue weighted by molar-refractivity contribution is 0.103. The van der Waals surface area contributed by atoms with Gasteiger partial charge in [-0.05, 0) is 43.3 Å². The van der Waals surface area contributed by atoms with Gasteiger partial charge in [-0.1, -0.05) is 29.8 Å². The maximum Gasteiger partial charge on any atom is 0.193 e. The average Bonchev–Trinajstić information content (AvgIpc) is 2.46. The lowest BCUT2D eigenvalue weighted by Gasteiger charge is -2.04. The topological polar surface area (TPSA) is 30.0 Å². The van der Waals surface area contributed by atoms with Crippen LogP contribution in [0.1, 0.15) is 21.6 Å². The highest BCUT2D eigenvalue weighted by Gasteiger charge is 2.10. The number of carbonyl (C=O) groups excluding carboxylic acids is 1. The number of benzene rings is 2. The molecular weight excluding hydrogens is 270 g/mol. The smallest absolute Gasteiger partial charge is 0.193 e. The quantitative estimate of drug-likeness (QED) is 0.651.